The first kappa shape index (κ1) is 14.0. The van der Waals surface area contributed by atoms with Gasteiger partial charge in [0.05, 0.1) is 11.5 Å². The van der Waals surface area contributed by atoms with Crippen molar-refractivity contribution >= 4 is 23.2 Å². The molecule has 0 fully saturated rings. The van der Waals surface area contributed by atoms with Gasteiger partial charge in [-0.25, -0.2) is 4.79 Å². The second kappa shape index (κ2) is 6.68. The fraction of sp³-hybridized carbons (Fsp3) is 0.538. The molecule has 2 rings (SSSR count). The summed E-state index contributed by atoms with van der Waals surface area (Å²) < 4.78 is 4.85. The van der Waals surface area contributed by atoms with Crippen molar-refractivity contribution in [1.82, 2.24) is 5.32 Å². The lowest BCUT2D eigenvalue weighted by molar-refractivity contribution is -0.142. The minimum absolute atomic E-state index is 0.0988. The number of ether oxygens (including phenoxy) is 1. The van der Waals surface area contributed by atoms with E-state index in [0.29, 0.717) is 6.54 Å². The quantitative estimate of drug-likeness (QED) is 0.775. The smallest absolute Gasteiger partial charge is 0.329 e. The first-order chi connectivity index (χ1) is 9.16. The maximum atomic E-state index is 11.9. The van der Waals surface area contributed by atoms with E-state index in [0.717, 1.165) is 17.7 Å². The van der Waals surface area contributed by atoms with Crippen LogP contribution < -0.4 is 5.32 Å². The third-order valence-electron chi connectivity index (χ3n) is 2.98. The molecule has 1 amide bonds. The van der Waals surface area contributed by atoms with Crippen molar-refractivity contribution in [2.75, 3.05) is 19.8 Å². The van der Waals surface area contributed by atoms with Gasteiger partial charge in [-0.15, -0.1) is 11.3 Å². The van der Waals surface area contributed by atoms with Crippen molar-refractivity contribution in [1.29, 1.82) is 0 Å². The molecule has 6 heteroatoms. The van der Waals surface area contributed by atoms with Crippen LogP contribution in [0.4, 0.5) is 0 Å². The summed E-state index contributed by atoms with van der Waals surface area (Å²) in [5.41, 5.74) is 1.31. The molecule has 0 spiro atoms. The van der Waals surface area contributed by atoms with Gasteiger partial charge in [0.2, 0.25) is 0 Å². The Kier molecular flexibility index (Phi) is 4.93. The summed E-state index contributed by atoms with van der Waals surface area (Å²) in [4.78, 5) is 24.2. The molecule has 0 aromatic carbocycles. The fourth-order valence-corrected chi connectivity index (χ4v) is 3.26. The van der Waals surface area contributed by atoms with E-state index in [-0.39, 0.29) is 19.1 Å². The maximum Gasteiger partial charge on any atom is 0.329 e. The summed E-state index contributed by atoms with van der Waals surface area (Å²) in [7, 11) is 0. The van der Waals surface area contributed by atoms with Gasteiger partial charge < -0.3 is 15.2 Å². The summed E-state index contributed by atoms with van der Waals surface area (Å²) in [6, 6.07) is 1.98. The van der Waals surface area contributed by atoms with E-state index < -0.39 is 5.97 Å². The average molecular weight is 283 g/mol. The lowest BCUT2D eigenvalue weighted by Crippen LogP contribution is -2.27. The van der Waals surface area contributed by atoms with Gasteiger partial charge in [0, 0.05) is 11.4 Å². The van der Waals surface area contributed by atoms with Crippen LogP contribution in [0.1, 0.15) is 33.0 Å². The highest BCUT2D eigenvalue weighted by Crippen LogP contribution is 2.29. The molecule has 1 aromatic heterocycles. The molecule has 0 unspecified atom stereocenters. The number of carbonyl (C=O) groups is 2. The van der Waals surface area contributed by atoms with Gasteiger partial charge in [-0.05, 0) is 37.3 Å². The Morgan fingerprint density at radius 3 is 2.89 bits per heavy atom. The normalized spacial score (nSPS) is 13.9. The van der Waals surface area contributed by atoms with Crippen LogP contribution >= 0.6 is 11.3 Å². The molecule has 2 N–H and O–H groups in total. The maximum absolute atomic E-state index is 11.9. The fourth-order valence-electron chi connectivity index (χ4n) is 2.09. The summed E-state index contributed by atoms with van der Waals surface area (Å²) in [5, 5.41) is 11.1. The summed E-state index contributed by atoms with van der Waals surface area (Å²) in [5.74, 6) is -1.10. The number of rotatable bonds is 6. The number of carboxylic acid groups (broad SMARTS) is 1. The Morgan fingerprint density at radius 1 is 1.37 bits per heavy atom. The van der Waals surface area contributed by atoms with E-state index in [1.807, 2.05) is 6.07 Å². The molecular weight excluding hydrogens is 266 g/mol. The van der Waals surface area contributed by atoms with E-state index in [9.17, 15) is 9.59 Å². The van der Waals surface area contributed by atoms with Crippen molar-refractivity contribution in [3.8, 4) is 0 Å². The molecule has 5 nitrogen and oxygen atoms in total. The third kappa shape index (κ3) is 4.04. The highest BCUT2D eigenvalue weighted by Gasteiger charge is 2.16. The zero-order valence-corrected chi connectivity index (χ0v) is 11.4. The summed E-state index contributed by atoms with van der Waals surface area (Å²) >= 11 is 1.57. The summed E-state index contributed by atoms with van der Waals surface area (Å²) in [6.07, 6.45) is 4.56. The van der Waals surface area contributed by atoms with E-state index in [2.05, 4.69) is 5.32 Å². The van der Waals surface area contributed by atoms with Crippen LogP contribution in [0.2, 0.25) is 0 Å². The Balaban J connectivity index is 1.77. The number of carbonyl (C=O) groups excluding carboxylic acids is 1. The first-order valence-corrected chi connectivity index (χ1v) is 7.18. The number of aryl methyl sites for hydroxylation is 2. The highest BCUT2D eigenvalue weighted by atomic mass is 32.1. The van der Waals surface area contributed by atoms with Gasteiger partial charge in [-0.3, -0.25) is 4.79 Å². The topological polar surface area (TPSA) is 75.6 Å². The minimum atomic E-state index is -1.00. The van der Waals surface area contributed by atoms with Gasteiger partial charge in [-0.1, -0.05) is 0 Å². The Labute approximate surface area is 115 Å². The van der Waals surface area contributed by atoms with Gasteiger partial charge in [0.15, 0.2) is 0 Å². The zero-order chi connectivity index (χ0) is 13.7. The Hall–Kier alpha value is -1.40. The Morgan fingerprint density at radius 2 is 2.16 bits per heavy atom. The standard InChI is InChI=1S/C13H17NO4S/c15-12(16)8-18-6-5-14-13(17)11-7-9-3-1-2-4-10(9)19-11/h7H,1-6,8H2,(H,14,17)(H,15,16). The van der Waals surface area contributed by atoms with Crippen LogP contribution in [-0.4, -0.2) is 36.7 Å². The van der Waals surface area contributed by atoms with Crippen LogP contribution in [-0.2, 0) is 22.4 Å². The molecule has 104 valence electrons. The molecule has 19 heavy (non-hydrogen) atoms. The van der Waals surface area contributed by atoms with Crippen LogP contribution in [0.5, 0.6) is 0 Å². The first-order valence-electron chi connectivity index (χ1n) is 6.36. The number of hydrogen-bond donors (Lipinski definition) is 2. The van der Waals surface area contributed by atoms with Crippen molar-refractivity contribution in [3.63, 3.8) is 0 Å². The largest absolute Gasteiger partial charge is 0.480 e. The van der Waals surface area contributed by atoms with E-state index in [1.54, 1.807) is 11.3 Å². The van der Waals surface area contributed by atoms with Crippen molar-refractivity contribution in [2.45, 2.75) is 25.7 Å². The number of aliphatic carboxylic acids is 1. The number of hydrogen-bond acceptors (Lipinski definition) is 4. The number of amides is 1. The van der Waals surface area contributed by atoms with E-state index in [4.69, 9.17) is 9.84 Å². The molecule has 0 atom stereocenters. The molecule has 0 bridgehead atoms. The second-order valence-electron chi connectivity index (χ2n) is 4.47. The van der Waals surface area contributed by atoms with Crippen LogP contribution in [0, 0.1) is 0 Å². The molecular formula is C13H17NO4S. The van der Waals surface area contributed by atoms with Crippen LogP contribution in [0.25, 0.3) is 0 Å². The highest BCUT2D eigenvalue weighted by molar-refractivity contribution is 7.14. The number of thiophene rings is 1. The lowest BCUT2D eigenvalue weighted by Gasteiger charge is -2.08. The van der Waals surface area contributed by atoms with E-state index in [1.165, 1.54) is 23.3 Å². The predicted octanol–water partition coefficient (Wildman–Crippen LogP) is 1.46. The number of fused-ring (bicyclic) bond motifs is 1. The van der Waals surface area contributed by atoms with E-state index >= 15 is 0 Å². The summed E-state index contributed by atoms with van der Waals surface area (Å²) in [6.45, 7) is 0.209. The zero-order valence-electron chi connectivity index (χ0n) is 10.6. The van der Waals surface area contributed by atoms with Gasteiger partial charge in [0.25, 0.3) is 5.91 Å². The van der Waals surface area contributed by atoms with Crippen LogP contribution in [0.3, 0.4) is 0 Å². The molecule has 1 aromatic rings. The van der Waals surface area contributed by atoms with Crippen LogP contribution in [0.15, 0.2) is 6.07 Å². The molecule has 0 saturated heterocycles. The molecule has 0 radical (unpaired) electrons. The molecule has 1 aliphatic carbocycles. The molecule has 0 saturated carbocycles. The average Bonchev–Trinajstić information content (AvgIpc) is 2.81. The number of nitrogens with one attached hydrogen (secondary N) is 1. The number of carboxylic acids is 1. The minimum Gasteiger partial charge on any atom is -0.480 e. The Bertz CT molecular complexity index is 446. The molecule has 1 aliphatic rings. The predicted molar refractivity (Wildman–Crippen MR) is 71.7 cm³/mol. The van der Waals surface area contributed by atoms with Gasteiger partial charge in [0.1, 0.15) is 6.61 Å². The van der Waals surface area contributed by atoms with Crippen molar-refractivity contribution in [3.05, 3.63) is 21.4 Å². The van der Waals surface area contributed by atoms with Crippen molar-refractivity contribution < 1.29 is 19.4 Å². The monoisotopic (exact) mass is 283 g/mol. The molecule has 1 heterocycles. The lowest BCUT2D eigenvalue weighted by atomic mass is 9.99. The third-order valence-corrected chi connectivity index (χ3v) is 4.21. The second-order valence-corrected chi connectivity index (χ2v) is 5.61. The van der Waals surface area contributed by atoms with Crippen molar-refractivity contribution in [2.24, 2.45) is 0 Å². The van der Waals surface area contributed by atoms with Gasteiger partial charge >= 0.3 is 5.97 Å². The SMILES string of the molecule is O=C(O)COCCNC(=O)c1cc2c(s1)CCCC2. The molecule has 0 aliphatic heterocycles. The van der Waals surface area contributed by atoms with Gasteiger partial charge in [-0.2, -0.15) is 0 Å².